The highest BCUT2D eigenvalue weighted by atomic mass is 16.6. The van der Waals surface area contributed by atoms with Gasteiger partial charge in [-0.2, -0.15) is 0 Å². The van der Waals surface area contributed by atoms with Crippen LogP contribution in [0.4, 0.5) is 5.69 Å². The number of esters is 1. The molecule has 142 valence electrons. The van der Waals surface area contributed by atoms with E-state index in [0.717, 1.165) is 12.3 Å². The second-order valence-corrected chi connectivity index (χ2v) is 6.12. The molecule has 3 rings (SSSR count). The van der Waals surface area contributed by atoms with Crippen molar-refractivity contribution < 1.29 is 29.0 Å². The summed E-state index contributed by atoms with van der Waals surface area (Å²) in [5.74, 6) is -2.92. The van der Waals surface area contributed by atoms with E-state index in [1.165, 1.54) is 15.5 Å². The third-order valence-corrected chi connectivity index (χ3v) is 4.36. The van der Waals surface area contributed by atoms with Gasteiger partial charge in [0.25, 0.3) is 11.5 Å². The predicted molar refractivity (Wildman–Crippen MR) is 94.5 cm³/mol. The average molecular weight is 374 g/mol. The number of hydrogen-bond donors (Lipinski definition) is 1. The van der Waals surface area contributed by atoms with Crippen molar-refractivity contribution >= 4 is 34.4 Å². The molecule has 0 unspecified atom stereocenters. The fourth-order valence-corrected chi connectivity index (χ4v) is 3.02. The molecule has 0 saturated carbocycles. The number of benzene rings is 1. The fraction of sp³-hybridized carbons (Fsp3) is 0.333. The van der Waals surface area contributed by atoms with Gasteiger partial charge in [0.2, 0.25) is 6.10 Å². The lowest BCUT2D eigenvalue weighted by molar-refractivity contribution is -0.177. The van der Waals surface area contributed by atoms with Gasteiger partial charge in [-0.25, -0.2) is 4.79 Å². The van der Waals surface area contributed by atoms with Crippen molar-refractivity contribution in [1.82, 2.24) is 4.57 Å². The number of aliphatic carboxylic acids is 1. The monoisotopic (exact) mass is 374 g/mol. The lowest BCUT2D eigenvalue weighted by Gasteiger charge is -2.34. The summed E-state index contributed by atoms with van der Waals surface area (Å²) < 4.78 is 11.5. The first-order valence-electron chi connectivity index (χ1n) is 8.22. The minimum atomic E-state index is -1.73. The summed E-state index contributed by atoms with van der Waals surface area (Å²) in [4.78, 5) is 48.6. The minimum Gasteiger partial charge on any atom is -0.478 e. The van der Waals surface area contributed by atoms with E-state index < -0.39 is 30.1 Å². The quantitative estimate of drug-likeness (QED) is 0.765. The van der Waals surface area contributed by atoms with Crippen molar-refractivity contribution in [3.05, 3.63) is 40.7 Å². The van der Waals surface area contributed by atoms with Gasteiger partial charge in [-0.05, 0) is 23.6 Å². The number of nitrogens with zero attached hydrogens (tertiary/aromatic N) is 2. The smallest absolute Gasteiger partial charge is 0.348 e. The van der Waals surface area contributed by atoms with Crippen molar-refractivity contribution in [2.24, 2.45) is 7.05 Å². The lowest BCUT2D eigenvalue weighted by Crippen LogP contribution is -2.55. The Kier molecular flexibility index (Phi) is 4.95. The normalized spacial score (nSPS) is 18.4. The van der Waals surface area contributed by atoms with Crippen molar-refractivity contribution in [1.29, 1.82) is 0 Å². The topological polar surface area (TPSA) is 115 Å². The molecule has 27 heavy (non-hydrogen) atoms. The summed E-state index contributed by atoms with van der Waals surface area (Å²) in [7, 11) is 1.62. The standard InChI is InChI=1S/C18H18N2O7/c1-10(21)27-16(18(24)25)15-17(23)20(7-8-26-15)12-5-3-11-4-6-14(22)19(2)13(11)9-12/h3-6,9,15-16H,7-8H2,1-2H3,(H,24,25)/t15-,16-/m1/s1. The SMILES string of the molecule is CC(=O)O[C@@H](C(=O)O)[C@H]1OCCN(c2ccc3ccc(=O)n(C)c3c2)C1=O. The molecule has 2 heterocycles. The van der Waals surface area contributed by atoms with Crippen LogP contribution in [-0.4, -0.2) is 52.9 Å². The number of carbonyl (C=O) groups is 3. The molecule has 0 bridgehead atoms. The zero-order valence-corrected chi connectivity index (χ0v) is 14.7. The van der Waals surface area contributed by atoms with Gasteiger partial charge in [-0.3, -0.25) is 14.4 Å². The van der Waals surface area contributed by atoms with Crippen LogP contribution in [0.25, 0.3) is 10.9 Å². The number of hydrogen-bond acceptors (Lipinski definition) is 6. The predicted octanol–water partition coefficient (Wildman–Crippen LogP) is 0.287. The first-order valence-corrected chi connectivity index (χ1v) is 8.22. The Bertz CT molecular complexity index is 981. The fourth-order valence-electron chi connectivity index (χ4n) is 3.02. The Balaban J connectivity index is 1.97. The van der Waals surface area contributed by atoms with Crippen LogP contribution in [0.3, 0.4) is 0 Å². The summed E-state index contributed by atoms with van der Waals surface area (Å²) in [6.45, 7) is 1.34. The van der Waals surface area contributed by atoms with Gasteiger partial charge >= 0.3 is 11.9 Å². The molecule has 1 amide bonds. The van der Waals surface area contributed by atoms with Crippen LogP contribution in [0.1, 0.15) is 6.92 Å². The second kappa shape index (κ2) is 7.20. The molecule has 1 aliphatic heterocycles. The van der Waals surface area contributed by atoms with Gasteiger partial charge in [0.05, 0.1) is 12.1 Å². The molecule has 1 saturated heterocycles. The maximum absolute atomic E-state index is 12.8. The van der Waals surface area contributed by atoms with Crippen LogP contribution < -0.4 is 10.5 Å². The summed E-state index contributed by atoms with van der Waals surface area (Å²) in [5, 5.41) is 10.1. The summed E-state index contributed by atoms with van der Waals surface area (Å²) >= 11 is 0. The van der Waals surface area contributed by atoms with Crippen LogP contribution in [-0.2, 0) is 30.9 Å². The molecule has 9 heteroatoms. The van der Waals surface area contributed by atoms with E-state index in [2.05, 4.69) is 0 Å². The highest BCUT2D eigenvalue weighted by Crippen LogP contribution is 2.25. The number of carboxylic acids is 1. The van der Waals surface area contributed by atoms with E-state index in [0.29, 0.717) is 11.2 Å². The van der Waals surface area contributed by atoms with E-state index in [-0.39, 0.29) is 18.7 Å². The maximum Gasteiger partial charge on any atom is 0.348 e. The Labute approximate surface area is 153 Å². The largest absolute Gasteiger partial charge is 0.478 e. The van der Waals surface area contributed by atoms with Crippen LogP contribution in [0.5, 0.6) is 0 Å². The number of carboxylic acid groups (broad SMARTS) is 1. The molecule has 2 aromatic rings. The van der Waals surface area contributed by atoms with E-state index >= 15 is 0 Å². The van der Waals surface area contributed by atoms with Crippen LogP contribution in [0.15, 0.2) is 35.1 Å². The molecular weight excluding hydrogens is 356 g/mol. The summed E-state index contributed by atoms with van der Waals surface area (Å²) in [6, 6.07) is 8.29. The van der Waals surface area contributed by atoms with E-state index in [4.69, 9.17) is 9.47 Å². The lowest BCUT2D eigenvalue weighted by atomic mass is 10.1. The van der Waals surface area contributed by atoms with Gasteiger partial charge in [0.15, 0.2) is 6.10 Å². The minimum absolute atomic E-state index is 0.0766. The van der Waals surface area contributed by atoms with Gasteiger partial charge in [-0.15, -0.1) is 0 Å². The van der Waals surface area contributed by atoms with Crippen LogP contribution in [0, 0.1) is 0 Å². The van der Waals surface area contributed by atoms with Gasteiger partial charge in [0, 0.05) is 32.3 Å². The maximum atomic E-state index is 12.8. The zero-order valence-electron chi connectivity index (χ0n) is 14.7. The number of amides is 1. The first kappa shape index (κ1) is 18.6. The molecule has 0 radical (unpaired) electrons. The Morgan fingerprint density at radius 3 is 2.63 bits per heavy atom. The zero-order chi connectivity index (χ0) is 19.7. The Hall–Kier alpha value is -3.20. The van der Waals surface area contributed by atoms with Crippen LogP contribution >= 0.6 is 0 Å². The van der Waals surface area contributed by atoms with E-state index in [1.54, 1.807) is 31.3 Å². The highest BCUT2D eigenvalue weighted by Gasteiger charge is 2.42. The van der Waals surface area contributed by atoms with Crippen molar-refractivity contribution in [3.63, 3.8) is 0 Å². The number of pyridine rings is 1. The summed E-state index contributed by atoms with van der Waals surface area (Å²) in [6.07, 6.45) is -3.18. The van der Waals surface area contributed by atoms with Crippen molar-refractivity contribution in [3.8, 4) is 0 Å². The van der Waals surface area contributed by atoms with E-state index in [9.17, 15) is 24.3 Å². The summed E-state index contributed by atoms with van der Waals surface area (Å²) in [5.41, 5.74) is 0.936. The van der Waals surface area contributed by atoms with Crippen molar-refractivity contribution in [2.75, 3.05) is 18.1 Å². The van der Waals surface area contributed by atoms with Gasteiger partial charge in [0.1, 0.15) is 0 Å². The second-order valence-electron chi connectivity index (χ2n) is 6.12. The number of anilines is 1. The Morgan fingerprint density at radius 1 is 1.26 bits per heavy atom. The molecule has 1 aromatic heterocycles. The third kappa shape index (κ3) is 3.54. The number of morpholine rings is 1. The number of aryl methyl sites for hydroxylation is 1. The molecule has 1 aliphatic rings. The number of rotatable bonds is 4. The van der Waals surface area contributed by atoms with Gasteiger partial charge < -0.3 is 24.0 Å². The molecule has 1 fully saturated rings. The molecule has 1 N–H and O–H groups in total. The molecule has 2 atom stereocenters. The number of fused-ring (bicyclic) bond motifs is 1. The van der Waals surface area contributed by atoms with Crippen LogP contribution in [0.2, 0.25) is 0 Å². The van der Waals surface area contributed by atoms with E-state index in [1.807, 2.05) is 0 Å². The third-order valence-electron chi connectivity index (χ3n) is 4.36. The molecular formula is C18H18N2O7. The Morgan fingerprint density at radius 2 is 1.96 bits per heavy atom. The molecule has 0 spiro atoms. The molecule has 1 aromatic carbocycles. The van der Waals surface area contributed by atoms with Gasteiger partial charge in [-0.1, -0.05) is 6.07 Å². The highest BCUT2D eigenvalue weighted by molar-refractivity contribution is 6.01. The average Bonchev–Trinajstić information content (AvgIpc) is 2.63. The molecule has 0 aliphatic carbocycles. The number of aromatic nitrogens is 1. The van der Waals surface area contributed by atoms with Crippen molar-refractivity contribution in [2.45, 2.75) is 19.1 Å². The first-order chi connectivity index (χ1) is 12.8. The number of carbonyl (C=O) groups excluding carboxylic acids is 2. The number of ether oxygens (including phenoxy) is 2. The molecule has 9 nitrogen and oxygen atoms in total.